The SMILES string of the molecule is CNCC(C)C(=O)Nc1ccccc1C(=O)NCC(C)C. The third-order valence-electron chi connectivity index (χ3n) is 3.06. The van der Waals surface area contributed by atoms with E-state index in [0.717, 1.165) is 0 Å². The number of rotatable bonds is 7. The molecule has 1 atom stereocenters. The van der Waals surface area contributed by atoms with Gasteiger partial charge in [0.25, 0.3) is 5.91 Å². The summed E-state index contributed by atoms with van der Waals surface area (Å²) in [5.74, 6) is -0.0533. The third kappa shape index (κ3) is 5.55. The van der Waals surface area contributed by atoms with Crippen LogP contribution < -0.4 is 16.0 Å². The second-order valence-electron chi connectivity index (χ2n) is 5.60. The average molecular weight is 291 g/mol. The Balaban J connectivity index is 2.79. The first-order chi connectivity index (χ1) is 9.95. The van der Waals surface area contributed by atoms with E-state index in [0.29, 0.717) is 30.3 Å². The van der Waals surface area contributed by atoms with E-state index in [-0.39, 0.29) is 17.7 Å². The zero-order valence-corrected chi connectivity index (χ0v) is 13.2. The van der Waals surface area contributed by atoms with Crippen LogP contribution >= 0.6 is 0 Å². The number of carbonyl (C=O) groups excluding carboxylic acids is 2. The lowest BCUT2D eigenvalue weighted by atomic mass is 10.1. The first-order valence-corrected chi connectivity index (χ1v) is 7.28. The van der Waals surface area contributed by atoms with E-state index < -0.39 is 0 Å². The van der Waals surface area contributed by atoms with Gasteiger partial charge in [-0.2, -0.15) is 0 Å². The maximum absolute atomic E-state index is 12.2. The summed E-state index contributed by atoms with van der Waals surface area (Å²) in [5, 5.41) is 8.65. The number of hydrogen-bond donors (Lipinski definition) is 3. The highest BCUT2D eigenvalue weighted by Gasteiger charge is 2.16. The Morgan fingerprint density at radius 2 is 1.76 bits per heavy atom. The summed E-state index contributed by atoms with van der Waals surface area (Å²) in [5.41, 5.74) is 1.04. The molecule has 0 aliphatic rings. The Labute approximate surface area is 126 Å². The van der Waals surface area contributed by atoms with Gasteiger partial charge in [-0.15, -0.1) is 0 Å². The predicted molar refractivity (Wildman–Crippen MR) is 85.3 cm³/mol. The average Bonchev–Trinajstić information content (AvgIpc) is 2.45. The van der Waals surface area contributed by atoms with Crippen molar-refractivity contribution >= 4 is 17.5 Å². The van der Waals surface area contributed by atoms with E-state index in [1.54, 1.807) is 31.3 Å². The summed E-state index contributed by atoms with van der Waals surface area (Å²) in [6.45, 7) is 7.11. The molecular formula is C16H25N3O2. The second kappa shape index (κ2) is 8.42. The highest BCUT2D eigenvalue weighted by atomic mass is 16.2. The molecule has 0 spiro atoms. The van der Waals surface area contributed by atoms with Gasteiger partial charge in [-0.3, -0.25) is 9.59 Å². The van der Waals surface area contributed by atoms with Crippen LogP contribution in [0.15, 0.2) is 24.3 Å². The van der Waals surface area contributed by atoms with E-state index in [9.17, 15) is 9.59 Å². The van der Waals surface area contributed by atoms with E-state index >= 15 is 0 Å². The number of anilines is 1. The maximum Gasteiger partial charge on any atom is 0.253 e. The first-order valence-electron chi connectivity index (χ1n) is 7.28. The number of para-hydroxylation sites is 1. The zero-order chi connectivity index (χ0) is 15.8. The van der Waals surface area contributed by atoms with Gasteiger partial charge in [0.1, 0.15) is 0 Å². The van der Waals surface area contributed by atoms with Crippen molar-refractivity contribution < 1.29 is 9.59 Å². The molecular weight excluding hydrogens is 266 g/mol. The van der Waals surface area contributed by atoms with Gasteiger partial charge in [0.15, 0.2) is 0 Å². The Bertz CT molecular complexity index is 486. The van der Waals surface area contributed by atoms with Crippen molar-refractivity contribution in [2.75, 3.05) is 25.5 Å². The minimum absolute atomic E-state index is 0.103. The molecule has 3 N–H and O–H groups in total. The number of benzene rings is 1. The van der Waals surface area contributed by atoms with Gasteiger partial charge in [-0.05, 0) is 25.1 Å². The fraction of sp³-hybridized carbons (Fsp3) is 0.500. The summed E-state index contributed by atoms with van der Waals surface area (Å²) >= 11 is 0. The van der Waals surface area contributed by atoms with Gasteiger partial charge in [-0.1, -0.05) is 32.9 Å². The molecule has 0 saturated heterocycles. The molecule has 0 aliphatic carbocycles. The molecule has 0 aliphatic heterocycles. The molecule has 116 valence electrons. The van der Waals surface area contributed by atoms with E-state index in [1.807, 2.05) is 20.8 Å². The van der Waals surface area contributed by atoms with Gasteiger partial charge in [0, 0.05) is 19.0 Å². The summed E-state index contributed by atoms with van der Waals surface area (Å²) in [4.78, 5) is 24.2. The molecule has 21 heavy (non-hydrogen) atoms. The summed E-state index contributed by atoms with van der Waals surface area (Å²) < 4.78 is 0. The summed E-state index contributed by atoms with van der Waals surface area (Å²) in [7, 11) is 1.80. The lowest BCUT2D eigenvalue weighted by molar-refractivity contribution is -0.119. The van der Waals surface area contributed by atoms with Crippen molar-refractivity contribution in [3.05, 3.63) is 29.8 Å². The summed E-state index contributed by atoms with van der Waals surface area (Å²) in [6, 6.07) is 7.05. The number of hydrogen-bond acceptors (Lipinski definition) is 3. The largest absolute Gasteiger partial charge is 0.352 e. The summed E-state index contributed by atoms with van der Waals surface area (Å²) in [6.07, 6.45) is 0. The predicted octanol–water partition coefficient (Wildman–Crippen LogP) is 1.87. The first kappa shape index (κ1) is 17.2. The van der Waals surface area contributed by atoms with Crippen molar-refractivity contribution in [2.24, 2.45) is 11.8 Å². The quantitative estimate of drug-likeness (QED) is 0.718. The smallest absolute Gasteiger partial charge is 0.253 e. The molecule has 0 aromatic heterocycles. The van der Waals surface area contributed by atoms with Crippen molar-refractivity contribution in [2.45, 2.75) is 20.8 Å². The number of nitrogens with one attached hydrogen (secondary N) is 3. The Hall–Kier alpha value is -1.88. The van der Waals surface area contributed by atoms with Crippen LogP contribution in [0.25, 0.3) is 0 Å². The maximum atomic E-state index is 12.2. The van der Waals surface area contributed by atoms with E-state index in [4.69, 9.17) is 0 Å². The van der Waals surface area contributed by atoms with Crippen LogP contribution in [0.2, 0.25) is 0 Å². The number of amides is 2. The van der Waals surface area contributed by atoms with Crippen molar-refractivity contribution in [3.63, 3.8) is 0 Å². The van der Waals surface area contributed by atoms with Crippen molar-refractivity contribution in [1.82, 2.24) is 10.6 Å². The van der Waals surface area contributed by atoms with Crippen molar-refractivity contribution in [3.8, 4) is 0 Å². The second-order valence-corrected chi connectivity index (χ2v) is 5.60. The standard InChI is InChI=1S/C16H25N3O2/c1-11(2)9-18-16(21)13-7-5-6-8-14(13)19-15(20)12(3)10-17-4/h5-8,11-12,17H,9-10H2,1-4H3,(H,18,21)(H,19,20). The molecule has 1 aromatic rings. The number of carbonyl (C=O) groups is 2. The minimum Gasteiger partial charge on any atom is -0.352 e. The molecule has 5 heteroatoms. The van der Waals surface area contributed by atoms with Crippen LogP contribution in [0.4, 0.5) is 5.69 Å². The fourth-order valence-corrected chi connectivity index (χ4v) is 1.84. The minimum atomic E-state index is -0.166. The van der Waals surface area contributed by atoms with Gasteiger partial charge >= 0.3 is 0 Å². The monoisotopic (exact) mass is 291 g/mol. The Kier molecular flexibility index (Phi) is 6.88. The molecule has 1 aromatic carbocycles. The van der Waals surface area contributed by atoms with Crippen LogP contribution in [0, 0.1) is 11.8 Å². The Morgan fingerprint density at radius 3 is 2.38 bits per heavy atom. The topological polar surface area (TPSA) is 70.2 Å². The lowest BCUT2D eigenvalue weighted by Gasteiger charge is -2.15. The highest BCUT2D eigenvalue weighted by Crippen LogP contribution is 2.16. The molecule has 0 saturated carbocycles. The van der Waals surface area contributed by atoms with Crippen molar-refractivity contribution in [1.29, 1.82) is 0 Å². The molecule has 2 amide bonds. The van der Waals surface area contributed by atoms with Crippen LogP contribution in [-0.2, 0) is 4.79 Å². The molecule has 0 fully saturated rings. The van der Waals surface area contributed by atoms with Gasteiger partial charge in [0.2, 0.25) is 5.91 Å². The molecule has 0 radical (unpaired) electrons. The third-order valence-corrected chi connectivity index (χ3v) is 3.06. The van der Waals surface area contributed by atoms with Crippen LogP contribution in [0.5, 0.6) is 0 Å². The molecule has 0 heterocycles. The van der Waals surface area contributed by atoms with Gasteiger partial charge in [0.05, 0.1) is 11.3 Å². The van der Waals surface area contributed by atoms with E-state index in [1.165, 1.54) is 0 Å². The molecule has 5 nitrogen and oxygen atoms in total. The molecule has 0 bridgehead atoms. The Morgan fingerprint density at radius 1 is 1.10 bits per heavy atom. The van der Waals surface area contributed by atoms with Gasteiger partial charge in [-0.25, -0.2) is 0 Å². The highest BCUT2D eigenvalue weighted by molar-refractivity contribution is 6.04. The normalized spacial score (nSPS) is 12.0. The lowest BCUT2D eigenvalue weighted by Crippen LogP contribution is -2.31. The van der Waals surface area contributed by atoms with Crippen LogP contribution in [0.3, 0.4) is 0 Å². The van der Waals surface area contributed by atoms with Crippen LogP contribution in [-0.4, -0.2) is 32.0 Å². The zero-order valence-electron chi connectivity index (χ0n) is 13.2. The van der Waals surface area contributed by atoms with Gasteiger partial charge < -0.3 is 16.0 Å². The van der Waals surface area contributed by atoms with E-state index in [2.05, 4.69) is 16.0 Å². The molecule has 1 unspecified atom stereocenters. The van der Waals surface area contributed by atoms with Crippen LogP contribution in [0.1, 0.15) is 31.1 Å². The fourth-order valence-electron chi connectivity index (χ4n) is 1.84. The molecule has 1 rings (SSSR count).